The molecule has 0 unspecified atom stereocenters. The lowest BCUT2D eigenvalue weighted by atomic mass is 9.92. The Morgan fingerprint density at radius 2 is 2.00 bits per heavy atom. The Labute approximate surface area is 118 Å². The minimum Gasteiger partial charge on any atom is -0.391 e. The van der Waals surface area contributed by atoms with Crippen LogP contribution in [0.1, 0.15) is 43.0 Å². The van der Waals surface area contributed by atoms with E-state index in [4.69, 9.17) is 0 Å². The molecule has 108 valence electrons. The Balaban J connectivity index is 2.03. The van der Waals surface area contributed by atoms with Gasteiger partial charge in [-0.3, -0.25) is 9.59 Å². The van der Waals surface area contributed by atoms with Gasteiger partial charge in [0.1, 0.15) is 0 Å². The molecular weight excluding hydrogens is 256 g/mol. The summed E-state index contributed by atoms with van der Waals surface area (Å²) in [6.07, 6.45) is 3.10. The topological polar surface area (TPSA) is 78.4 Å². The molecule has 5 heteroatoms. The predicted molar refractivity (Wildman–Crippen MR) is 76.5 cm³/mol. The summed E-state index contributed by atoms with van der Waals surface area (Å²) < 4.78 is 0. The number of carbonyl (C=O) groups is 2. The summed E-state index contributed by atoms with van der Waals surface area (Å²) >= 11 is 0. The number of aliphatic hydroxyl groups is 1. The maximum atomic E-state index is 12.2. The Bertz CT molecular complexity index is 502. The third-order valence-electron chi connectivity index (χ3n) is 3.49. The summed E-state index contributed by atoms with van der Waals surface area (Å²) in [7, 11) is 0. The van der Waals surface area contributed by atoms with Crippen LogP contribution in [-0.2, 0) is 4.79 Å². The maximum Gasteiger partial charge on any atom is 0.251 e. The fraction of sp³-hybridized carbons (Fsp3) is 0.467. The predicted octanol–water partition coefficient (Wildman–Crippen LogP) is 1.68. The van der Waals surface area contributed by atoms with Crippen LogP contribution in [0.25, 0.3) is 0 Å². The fourth-order valence-corrected chi connectivity index (χ4v) is 2.47. The van der Waals surface area contributed by atoms with Gasteiger partial charge in [-0.05, 0) is 31.0 Å². The first-order valence-electron chi connectivity index (χ1n) is 6.93. The second kappa shape index (κ2) is 6.52. The van der Waals surface area contributed by atoms with E-state index in [1.54, 1.807) is 24.3 Å². The van der Waals surface area contributed by atoms with Crippen molar-refractivity contribution in [1.82, 2.24) is 5.32 Å². The monoisotopic (exact) mass is 276 g/mol. The molecule has 0 aliphatic heterocycles. The summed E-state index contributed by atoms with van der Waals surface area (Å²) in [5.41, 5.74) is 1.07. The third kappa shape index (κ3) is 3.81. The summed E-state index contributed by atoms with van der Waals surface area (Å²) in [5, 5.41) is 15.4. The number of carbonyl (C=O) groups excluding carboxylic acids is 2. The van der Waals surface area contributed by atoms with Crippen molar-refractivity contribution < 1.29 is 14.7 Å². The Morgan fingerprint density at radius 1 is 1.25 bits per heavy atom. The van der Waals surface area contributed by atoms with Gasteiger partial charge in [0.05, 0.1) is 12.1 Å². The molecule has 20 heavy (non-hydrogen) atoms. The first kappa shape index (κ1) is 14.5. The van der Waals surface area contributed by atoms with Gasteiger partial charge in [-0.2, -0.15) is 0 Å². The van der Waals surface area contributed by atoms with Crippen molar-refractivity contribution in [3.8, 4) is 0 Å². The second-order valence-electron chi connectivity index (χ2n) is 5.19. The van der Waals surface area contributed by atoms with Crippen LogP contribution in [0, 0.1) is 0 Å². The van der Waals surface area contributed by atoms with Crippen LogP contribution in [0.4, 0.5) is 5.69 Å². The van der Waals surface area contributed by atoms with Crippen LogP contribution >= 0.6 is 0 Å². The maximum absolute atomic E-state index is 12.2. The molecule has 2 amide bonds. The SMILES string of the molecule is CC(=O)Nc1cccc(C(=O)N[C@H]2CCCC[C@@H]2O)c1. The number of rotatable bonds is 3. The van der Waals surface area contributed by atoms with E-state index in [0.29, 0.717) is 11.3 Å². The van der Waals surface area contributed by atoms with Gasteiger partial charge < -0.3 is 15.7 Å². The highest BCUT2D eigenvalue weighted by Gasteiger charge is 2.24. The fourth-order valence-electron chi connectivity index (χ4n) is 2.47. The van der Waals surface area contributed by atoms with Crippen molar-refractivity contribution in [3.05, 3.63) is 29.8 Å². The normalized spacial score (nSPS) is 22.1. The quantitative estimate of drug-likeness (QED) is 0.786. The van der Waals surface area contributed by atoms with Crippen molar-refractivity contribution >= 4 is 17.5 Å². The van der Waals surface area contributed by atoms with Crippen LogP contribution in [0.2, 0.25) is 0 Å². The number of hydrogen-bond acceptors (Lipinski definition) is 3. The largest absolute Gasteiger partial charge is 0.391 e. The van der Waals surface area contributed by atoms with Crippen molar-refractivity contribution in [2.75, 3.05) is 5.32 Å². The molecule has 1 aromatic carbocycles. The standard InChI is InChI=1S/C15H20N2O3/c1-10(18)16-12-6-4-5-11(9-12)15(20)17-13-7-2-3-8-14(13)19/h4-6,9,13-14,19H,2-3,7-8H2,1H3,(H,16,18)(H,17,20)/t13-,14-/m0/s1. The van der Waals surface area contributed by atoms with Crippen LogP contribution in [0.5, 0.6) is 0 Å². The highest BCUT2D eigenvalue weighted by atomic mass is 16.3. The van der Waals surface area contributed by atoms with E-state index in [0.717, 1.165) is 25.7 Å². The molecule has 3 N–H and O–H groups in total. The lowest BCUT2D eigenvalue weighted by Gasteiger charge is -2.28. The highest BCUT2D eigenvalue weighted by molar-refractivity contribution is 5.96. The Morgan fingerprint density at radius 3 is 2.70 bits per heavy atom. The smallest absolute Gasteiger partial charge is 0.251 e. The molecule has 1 aliphatic rings. The second-order valence-corrected chi connectivity index (χ2v) is 5.19. The molecule has 1 saturated carbocycles. The van der Waals surface area contributed by atoms with E-state index in [-0.39, 0.29) is 17.9 Å². The van der Waals surface area contributed by atoms with Crippen molar-refractivity contribution in [2.45, 2.75) is 44.8 Å². The van der Waals surface area contributed by atoms with Crippen molar-refractivity contribution in [3.63, 3.8) is 0 Å². The van der Waals surface area contributed by atoms with Crippen molar-refractivity contribution in [2.24, 2.45) is 0 Å². The number of hydrogen-bond donors (Lipinski definition) is 3. The van der Waals surface area contributed by atoms with E-state index in [2.05, 4.69) is 10.6 Å². The van der Waals surface area contributed by atoms with E-state index in [9.17, 15) is 14.7 Å². The molecule has 0 radical (unpaired) electrons. The zero-order chi connectivity index (χ0) is 14.5. The van der Waals surface area contributed by atoms with Gasteiger partial charge in [-0.1, -0.05) is 18.9 Å². The van der Waals surface area contributed by atoms with Gasteiger partial charge in [0, 0.05) is 18.2 Å². The molecule has 5 nitrogen and oxygen atoms in total. The number of benzene rings is 1. The minimum absolute atomic E-state index is 0.176. The number of anilines is 1. The van der Waals surface area contributed by atoms with Gasteiger partial charge in [-0.25, -0.2) is 0 Å². The van der Waals surface area contributed by atoms with Crippen LogP contribution in [-0.4, -0.2) is 29.1 Å². The lowest BCUT2D eigenvalue weighted by molar-refractivity contribution is -0.114. The molecular formula is C15H20N2O3. The van der Waals surface area contributed by atoms with Gasteiger partial charge in [0.25, 0.3) is 5.91 Å². The molecule has 1 aromatic rings. The average molecular weight is 276 g/mol. The van der Waals surface area contributed by atoms with Crippen LogP contribution < -0.4 is 10.6 Å². The molecule has 1 fully saturated rings. The van der Waals surface area contributed by atoms with Crippen LogP contribution in [0.15, 0.2) is 24.3 Å². The zero-order valence-electron chi connectivity index (χ0n) is 11.6. The molecule has 2 rings (SSSR count). The van der Waals surface area contributed by atoms with E-state index < -0.39 is 6.10 Å². The van der Waals surface area contributed by atoms with Gasteiger partial charge in [0.15, 0.2) is 0 Å². The molecule has 0 heterocycles. The molecule has 0 bridgehead atoms. The zero-order valence-corrected chi connectivity index (χ0v) is 11.6. The number of amides is 2. The van der Waals surface area contributed by atoms with E-state index >= 15 is 0 Å². The average Bonchev–Trinajstić information content (AvgIpc) is 2.41. The molecule has 0 saturated heterocycles. The lowest BCUT2D eigenvalue weighted by Crippen LogP contribution is -2.45. The van der Waals surface area contributed by atoms with E-state index in [1.807, 2.05) is 0 Å². The summed E-state index contributed by atoms with van der Waals surface area (Å²) in [5.74, 6) is -0.395. The molecule has 1 aliphatic carbocycles. The van der Waals surface area contributed by atoms with E-state index in [1.165, 1.54) is 6.92 Å². The summed E-state index contributed by atoms with van der Waals surface area (Å²) in [4.78, 5) is 23.2. The Hall–Kier alpha value is -1.88. The van der Waals surface area contributed by atoms with Gasteiger partial charge in [0.2, 0.25) is 5.91 Å². The molecule has 2 atom stereocenters. The first-order chi connectivity index (χ1) is 9.56. The molecule has 0 aromatic heterocycles. The van der Waals surface area contributed by atoms with Gasteiger partial charge >= 0.3 is 0 Å². The van der Waals surface area contributed by atoms with Crippen LogP contribution in [0.3, 0.4) is 0 Å². The number of nitrogens with one attached hydrogen (secondary N) is 2. The Kier molecular flexibility index (Phi) is 4.74. The minimum atomic E-state index is -0.466. The number of aliphatic hydroxyl groups excluding tert-OH is 1. The van der Waals surface area contributed by atoms with Crippen molar-refractivity contribution in [1.29, 1.82) is 0 Å². The first-order valence-corrected chi connectivity index (χ1v) is 6.93. The highest BCUT2D eigenvalue weighted by Crippen LogP contribution is 2.19. The third-order valence-corrected chi connectivity index (χ3v) is 3.49. The van der Waals surface area contributed by atoms with Gasteiger partial charge in [-0.15, -0.1) is 0 Å². The molecule has 0 spiro atoms. The summed E-state index contributed by atoms with van der Waals surface area (Å²) in [6.45, 7) is 1.42. The summed E-state index contributed by atoms with van der Waals surface area (Å²) in [6, 6.07) is 6.59.